The van der Waals surface area contributed by atoms with Crippen LogP contribution in [0.1, 0.15) is 83.1 Å². The van der Waals surface area contributed by atoms with Crippen LogP contribution in [0, 0.1) is 5.92 Å². The van der Waals surface area contributed by atoms with Crippen LogP contribution in [0.4, 0.5) is 0 Å². The topological polar surface area (TPSA) is 84.8 Å². The molecule has 0 aromatic heterocycles. The molecule has 30 heavy (non-hydrogen) atoms. The van der Waals surface area contributed by atoms with Crippen molar-refractivity contribution < 1.29 is 33.2 Å². The highest BCUT2D eigenvalue weighted by atomic mass is 28.5. The van der Waals surface area contributed by atoms with Gasteiger partial charge in [-0.25, -0.2) is 0 Å². The third-order valence-corrected chi connectivity index (χ3v) is 12.9. The molecule has 0 fully saturated rings. The first-order chi connectivity index (χ1) is 13.6. The van der Waals surface area contributed by atoms with Gasteiger partial charge in [0.05, 0.1) is 0 Å². The van der Waals surface area contributed by atoms with Crippen LogP contribution in [-0.4, -0.2) is 68.3 Å². The van der Waals surface area contributed by atoms with Crippen molar-refractivity contribution in [2.75, 3.05) is 0 Å². The summed E-state index contributed by atoms with van der Waals surface area (Å²) in [6, 6.07) is 0.468. The first kappa shape index (κ1) is 30.6. The third-order valence-electron chi connectivity index (χ3n) is 3.17. The van der Waals surface area contributed by atoms with E-state index < -0.39 is 33.0 Å². The van der Waals surface area contributed by atoms with E-state index in [0.29, 0.717) is 6.04 Å². The molecule has 0 aromatic carbocycles. The molecule has 0 unspecified atom stereocenters. The molecule has 1 atom stereocenters. The average molecular weight is 485 g/mol. The summed E-state index contributed by atoms with van der Waals surface area (Å²) in [5, 5.41) is 0. The van der Waals surface area contributed by atoms with Gasteiger partial charge in [-0.05, 0) is 87.4 Å². The van der Waals surface area contributed by atoms with Crippen LogP contribution in [0.25, 0.3) is 0 Å². The molecule has 0 spiro atoms. The van der Waals surface area contributed by atoms with E-state index in [-0.39, 0.29) is 36.4 Å². The molecule has 0 saturated carbocycles. The molecule has 11 heteroatoms. The Balaban J connectivity index is 6.13. The van der Waals surface area contributed by atoms with Crippen molar-refractivity contribution >= 4 is 33.0 Å². The van der Waals surface area contributed by atoms with Gasteiger partial charge in [-0.15, -0.1) is 0 Å². The number of hydrogen-bond donors (Lipinski definition) is 1. The molecule has 1 N–H and O–H groups in total. The zero-order valence-electron chi connectivity index (χ0n) is 21.1. The van der Waals surface area contributed by atoms with Gasteiger partial charge in [0.25, 0.3) is 0 Å². The summed E-state index contributed by atoms with van der Waals surface area (Å²) in [5.41, 5.74) is 0. The Morgan fingerprint density at radius 1 is 0.633 bits per heavy atom. The van der Waals surface area contributed by atoms with Gasteiger partial charge in [0.2, 0.25) is 0 Å². The van der Waals surface area contributed by atoms with Gasteiger partial charge in [-0.3, -0.25) is 0 Å². The molecule has 0 aromatic rings. The van der Waals surface area contributed by atoms with E-state index in [1.807, 2.05) is 69.2 Å². The molecule has 0 amide bonds. The van der Waals surface area contributed by atoms with E-state index in [4.69, 9.17) is 28.4 Å². The molecule has 1 radical (unpaired) electrons. The Morgan fingerprint density at radius 3 is 1.33 bits per heavy atom. The van der Waals surface area contributed by atoms with Crippen molar-refractivity contribution in [3.05, 3.63) is 0 Å². The second-order valence-corrected chi connectivity index (χ2v) is 15.6. The van der Waals surface area contributed by atoms with Crippen LogP contribution in [0.3, 0.4) is 0 Å². The fourth-order valence-corrected chi connectivity index (χ4v) is 12.0. The lowest BCUT2D eigenvalue weighted by Crippen LogP contribution is -2.63. The second kappa shape index (κ2) is 14.0. The third kappa shape index (κ3) is 13.9. The summed E-state index contributed by atoms with van der Waals surface area (Å²) in [5.74, 6) is 0.180. The fourth-order valence-electron chi connectivity index (χ4n) is 2.62. The van der Waals surface area contributed by atoms with Crippen LogP contribution in [0.5, 0.6) is 0 Å². The molecule has 0 aliphatic carbocycles. The minimum absolute atomic E-state index is 0.0832. The Bertz CT molecular complexity index is 434. The van der Waals surface area contributed by atoms with Gasteiger partial charge in [0.1, 0.15) is 0 Å². The van der Waals surface area contributed by atoms with Crippen molar-refractivity contribution in [2.24, 2.45) is 5.92 Å². The summed E-state index contributed by atoms with van der Waals surface area (Å²) in [4.78, 5) is 11.3. The van der Waals surface area contributed by atoms with E-state index in [0.717, 1.165) is 0 Å². The Kier molecular flexibility index (Phi) is 14.3. The molecule has 0 rings (SSSR count). The first-order valence-corrected chi connectivity index (χ1v) is 16.0. The zero-order valence-corrected chi connectivity index (χ0v) is 24.2. The van der Waals surface area contributed by atoms with Gasteiger partial charge < -0.3 is 33.2 Å². The maximum Gasteiger partial charge on any atom is 0.669 e. The number of hydrogen-bond acceptors (Lipinski definition) is 8. The van der Waals surface area contributed by atoms with Crippen molar-refractivity contribution in [3.63, 3.8) is 0 Å². The molecular weight excluding hydrogens is 439 g/mol. The Morgan fingerprint density at radius 2 is 1.03 bits per heavy atom. The monoisotopic (exact) mass is 484 g/mol. The van der Waals surface area contributed by atoms with Crippen LogP contribution in [0.15, 0.2) is 0 Å². The van der Waals surface area contributed by atoms with Crippen LogP contribution in [0.2, 0.25) is 6.04 Å². The average Bonchev–Trinajstić information content (AvgIpc) is 2.40. The SMILES string of the molecule is CC(C)C[Si@@](OC(C)C)([O][Al-]([O]C(C)C)[O]C(C)C)O[Si](O)(OC(C)C)OC(C)C. The van der Waals surface area contributed by atoms with Gasteiger partial charge in [0.15, 0.2) is 0 Å². The molecule has 8 nitrogen and oxygen atoms in total. The summed E-state index contributed by atoms with van der Waals surface area (Å²) in [6.45, 7) is 22.9. The van der Waals surface area contributed by atoms with Gasteiger partial charge in [-0.1, -0.05) is 13.8 Å². The standard InChI is InChI=1S/C13H31O6Si2.2C3H7O.Al/c1-10(2)9-20(14,16-11(3)4)19-21(15,17-12(5)6)18-13(7)8;2*1-3(2)4;/h10-13,15H,9H2,1-8H3;2*3H,1-2H3;/q3*-1;+2/t20-;;;/m0.../s1. The van der Waals surface area contributed by atoms with Crippen molar-refractivity contribution in [1.29, 1.82) is 0 Å². The van der Waals surface area contributed by atoms with E-state index in [9.17, 15) is 4.80 Å². The summed E-state index contributed by atoms with van der Waals surface area (Å²) >= 11 is -2.64. The quantitative estimate of drug-likeness (QED) is 0.327. The Hall–Kier alpha value is 0.646. The minimum atomic E-state index is -4.07. The normalized spacial score (nSPS) is 15.6. The highest BCUT2D eigenvalue weighted by Crippen LogP contribution is 2.29. The molecule has 0 aliphatic heterocycles. The van der Waals surface area contributed by atoms with E-state index >= 15 is 0 Å². The predicted octanol–water partition coefficient (Wildman–Crippen LogP) is 4.15. The molecule has 0 heterocycles. The maximum absolute atomic E-state index is 11.3. The fraction of sp³-hybridized carbons (Fsp3) is 1.00. The molecule has 0 saturated heterocycles. The van der Waals surface area contributed by atoms with E-state index in [1.165, 1.54) is 0 Å². The van der Waals surface area contributed by atoms with Gasteiger partial charge in [0, 0.05) is 24.4 Å². The van der Waals surface area contributed by atoms with Crippen molar-refractivity contribution in [3.8, 4) is 0 Å². The molecule has 0 bridgehead atoms. The molecule has 181 valence electrons. The largest absolute Gasteiger partial charge is 0.669 e. The lowest BCUT2D eigenvalue weighted by molar-refractivity contribution is -0.0371. The van der Waals surface area contributed by atoms with Crippen LogP contribution >= 0.6 is 0 Å². The molecule has 0 aliphatic rings. The Labute approximate surface area is 191 Å². The smallest absolute Gasteiger partial charge is 0.638 e. The summed E-state index contributed by atoms with van der Waals surface area (Å²) in [6.07, 6.45) is -0.950. The molecular formula is C19H45AlO8Si2-. The summed E-state index contributed by atoms with van der Waals surface area (Å²) < 4.78 is 42.5. The van der Waals surface area contributed by atoms with E-state index in [2.05, 4.69) is 13.8 Å². The lowest BCUT2D eigenvalue weighted by Gasteiger charge is -2.45. The van der Waals surface area contributed by atoms with Gasteiger partial charge in [-0.2, -0.15) is 0 Å². The van der Waals surface area contributed by atoms with Crippen LogP contribution < -0.4 is 0 Å². The summed E-state index contributed by atoms with van der Waals surface area (Å²) in [7, 11) is -7.58. The lowest BCUT2D eigenvalue weighted by atomic mass is 10.3. The number of rotatable bonds is 16. The van der Waals surface area contributed by atoms with E-state index in [1.54, 1.807) is 0 Å². The second-order valence-electron chi connectivity index (χ2n) is 9.18. The highest BCUT2D eigenvalue weighted by Gasteiger charge is 2.55. The van der Waals surface area contributed by atoms with Crippen molar-refractivity contribution in [2.45, 2.75) is 120 Å². The maximum atomic E-state index is 11.3. The highest BCUT2D eigenvalue weighted by molar-refractivity contribution is 6.75. The van der Waals surface area contributed by atoms with Crippen molar-refractivity contribution in [1.82, 2.24) is 0 Å². The van der Waals surface area contributed by atoms with Gasteiger partial charge >= 0.3 is 33.0 Å². The first-order valence-electron chi connectivity index (χ1n) is 11.0. The zero-order chi connectivity index (χ0) is 23.7. The van der Waals surface area contributed by atoms with Crippen LogP contribution in [-0.2, 0) is 28.4 Å². The minimum Gasteiger partial charge on any atom is -0.638 e. The predicted molar refractivity (Wildman–Crippen MR) is 122 cm³/mol.